The Morgan fingerprint density at radius 2 is 2.35 bits per heavy atom. The second-order valence-corrected chi connectivity index (χ2v) is 4.41. The zero-order chi connectivity index (χ0) is 12.3. The minimum absolute atomic E-state index is 0.213. The third-order valence-electron chi connectivity index (χ3n) is 2.93. The summed E-state index contributed by atoms with van der Waals surface area (Å²) in [5.74, 6) is -0.895. The molecule has 1 fully saturated rings. The number of hydrogen-bond donors (Lipinski definition) is 2. The Morgan fingerprint density at radius 3 is 3.00 bits per heavy atom. The van der Waals surface area contributed by atoms with Crippen molar-refractivity contribution in [3.05, 3.63) is 29.3 Å². The van der Waals surface area contributed by atoms with Gasteiger partial charge in [0, 0.05) is 18.3 Å². The van der Waals surface area contributed by atoms with Crippen molar-refractivity contribution in [1.29, 1.82) is 0 Å². The largest absolute Gasteiger partial charge is 0.478 e. The third-order valence-corrected chi connectivity index (χ3v) is 2.93. The van der Waals surface area contributed by atoms with E-state index in [2.05, 4.69) is 5.32 Å². The monoisotopic (exact) mass is 235 g/mol. The van der Waals surface area contributed by atoms with Gasteiger partial charge in [-0.25, -0.2) is 4.79 Å². The molecule has 0 bridgehead atoms. The number of aryl methyl sites for hydroxylation is 1. The summed E-state index contributed by atoms with van der Waals surface area (Å²) in [6.07, 6.45) is 2.04. The predicted molar refractivity (Wildman–Crippen MR) is 65.6 cm³/mol. The number of anilines is 1. The summed E-state index contributed by atoms with van der Waals surface area (Å²) in [5.41, 5.74) is 1.96. The maximum absolute atomic E-state index is 11.1. The molecule has 2 N–H and O–H groups in total. The van der Waals surface area contributed by atoms with E-state index in [1.807, 2.05) is 19.1 Å². The van der Waals surface area contributed by atoms with Crippen molar-refractivity contribution in [2.24, 2.45) is 0 Å². The van der Waals surface area contributed by atoms with E-state index in [4.69, 9.17) is 9.84 Å². The van der Waals surface area contributed by atoms with Crippen LogP contribution < -0.4 is 5.32 Å². The van der Waals surface area contributed by atoms with Gasteiger partial charge in [-0.15, -0.1) is 0 Å². The van der Waals surface area contributed by atoms with Crippen molar-refractivity contribution in [2.75, 3.05) is 18.5 Å². The topological polar surface area (TPSA) is 58.6 Å². The molecule has 0 aliphatic carbocycles. The van der Waals surface area contributed by atoms with Crippen LogP contribution in [0, 0.1) is 6.92 Å². The number of hydrogen-bond acceptors (Lipinski definition) is 3. The summed E-state index contributed by atoms with van der Waals surface area (Å²) < 4.78 is 5.37. The summed E-state index contributed by atoms with van der Waals surface area (Å²) in [4.78, 5) is 11.1. The molecule has 0 saturated carbocycles. The molecule has 1 aliphatic rings. The number of nitrogens with one attached hydrogen (secondary N) is 1. The van der Waals surface area contributed by atoms with Gasteiger partial charge in [0.25, 0.3) is 0 Å². The highest BCUT2D eigenvalue weighted by atomic mass is 16.5. The molecule has 4 nitrogen and oxygen atoms in total. The van der Waals surface area contributed by atoms with Gasteiger partial charge in [0.2, 0.25) is 0 Å². The Hall–Kier alpha value is -1.55. The lowest BCUT2D eigenvalue weighted by Crippen LogP contribution is -2.30. The maximum atomic E-state index is 11.1. The first-order valence-corrected chi connectivity index (χ1v) is 5.85. The summed E-state index contributed by atoms with van der Waals surface area (Å²) in [5, 5.41) is 12.4. The predicted octanol–water partition coefficient (Wildman–Crippen LogP) is 2.28. The highest BCUT2D eigenvalue weighted by Gasteiger charge is 2.17. The molecule has 0 aromatic heterocycles. The molecule has 92 valence electrons. The summed E-state index contributed by atoms with van der Waals surface area (Å²) in [6.45, 7) is 3.34. The Bertz CT molecular complexity index is 411. The highest BCUT2D eigenvalue weighted by Crippen LogP contribution is 2.20. The van der Waals surface area contributed by atoms with Crippen molar-refractivity contribution >= 4 is 11.7 Å². The normalized spacial score (nSPS) is 19.9. The van der Waals surface area contributed by atoms with Crippen LogP contribution in [0.3, 0.4) is 0 Å². The number of carbonyl (C=O) groups is 1. The Morgan fingerprint density at radius 1 is 1.53 bits per heavy atom. The van der Waals surface area contributed by atoms with E-state index < -0.39 is 5.97 Å². The van der Waals surface area contributed by atoms with Crippen molar-refractivity contribution in [3.8, 4) is 0 Å². The quantitative estimate of drug-likeness (QED) is 0.843. The smallest absolute Gasteiger partial charge is 0.337 e. The van der Waals surface area contributed by atoms with Gasteiger partial charge in [-0.3, -0.25) is 0 Å². The molecule has 1 heterocycles. The fraction of sp³-hybridized carbons (Fsp3) is 0.462. The van der Waals surface area contributed by atoms with Gasteiger partial charge in [-0.1, -0.05) is 11.6 Å². The fourth-order valence-corrected chi connectivity index (χ4v) is 2.04. The number of carboxylic acid groups (broad SMARTS) is 1. The second-order valence-electron chi connectivity index (χ2n) is 4.41. The summed E-state index contributed by atoms with van der Waals surface area (Å²) in [6, 6.07) is 5.64. The number of aromatic carboxylic acids is 1. The molecule has 0 radical (unpaired) electrons. The molecule has 1 unspecified atom stereocenters. The molecule has 17 heavy (non-hydrogen) atoms. The second kappa shape index (κ2) is 5.19. The molecule has 1 aromatic carbocycles. The molecule has 0 amide bonds. The first-order valence-electron chi connectivity index (χ1n) is 5.85. The Balaban J connectivity index is 2.16. The first kappa shape index (κ1) is 11.9. The first-order chi connectivity index (χ1) is 8.16. The molecule has 4 heteroatoms. The van der Waals surface area contributed by atoms with E-state index >= 15 is 0 Å². The molecule has 1 saturated heterocycles. The minimum Gasteiger partial charge on any atom is -0.478 e. The number of benzene rings is 1. The molecule has 1 aromatic rings. The van der Waals surface area contributed by atoms with Crippen LogP contribution in [-0.4, -0.2) is 30.3 Å². The van der Waals surface area contributed by atoms with Crippen molar-refractivity contribution in [3.63, 3.8) is 0 Å². The average Bonchev–Trinajstić information content (AvgIpc) is 2.32. The Kier molecular flexibility index (Phi) is 3.64. The molecule has 2 rings (SSSR count). The van der Waals surface area contributed by atoms with E-state index in [1.165, 1.54) is 0 Å². The molecular formula is C13H17NO3. The molecule has 0 spiro atoms. The van der Waals surface area contributed by atoms with Gasteiger partial charge in [0.1, 0.15) is 0 Å². The van der Waals surface area contributed by atoms with E-state index in [1.54, 1.807) is 6.07 Å². The van der Waals surface area contributed by atoms with E-state index in [-0.39, 0.29) is 6.04 Å². The van der Waals surface area contributed by atoms with Gasteiger partial charge in [0.05, 0.1) is 12.2 Å². The maximum Gasteiger partial charge on any atom is 0.337 e. The van der Waals surface area contributed by atoms with Gasteiger partial charge in [-0.05, 0) is 31.9 Å². The standard InChI is InChI=1S/C13H17NO3/c1-9-4-5-12(11(7-9)13(15)16)14-10-3-2-6-17-8-10/h4-5,7,10,14H,2-3,6,8H2,1H3,(H,15,16). The van der Waals surface area contributed by atoms with Crippen molar-refractivity contribution < 1.29 is 14.6 Å². The van der Waals surface area contributed by atoms with Crippen LogP contribution >= 0.6 is 0 Å². The number of ether oxygens (including phenoxy) is 1. The van der Waals surface area contributed by atoms with Crippen LogP contribution in [0.5, 0.6) is 0 Å². The third kappa shape index (κ3) is 2.97. The van der Waals surface area contributed by atoms with Gasteiger partial charge in [0.15, 0.2) is 0 Å². The zero-order valence-corrected chi connectivity index (χ0v) is 9.90. The zero-order valence-electron chi connectivity index (χ0n) is 9.90. The molecule has 1 atom stereocenters. The van der Waals surface area contributed by atoms with Crippen LogP contribution in [0.15, 0.2) is 18.2 Å². The lowest BCUT2D eigenvalue weighted by atomic mass is 10.1. The van der Waals surface area contributed by atoms with E-state index in [0.717, 1.165) is 25.0 Å². The lowest BCUT2D eigenvalue weighted by molar-refractivity contribution is 0.0696. The van der Waals surface area contributed by atoms with Crippen molar-refractivity contribution in [2.45, 2.75) is 25.8 Å². The molecule has 1 aliphatic heterocycles. The minimum atomic E-state index is -0.895. The van der Waals surface area contributed by atoms with Gasteiger partial charge >= 0.3 is 5.97 Å². The SMILES string of the molecule is Cc1ccc(NC2CCCOC2)c(C(=O)O)c1. The average molecular weight is 235 g/mol. The Labute approximate surface area is 101 Å². The van der Waals surface area contributed by atoms with Crippen LogP contribution in [0.25, 0.3) is 0 Å². The number of carboxylic acids is 1. The van der Waals surface area contributed by atoms with E-state index in [0.29, 0.717) is 17.9 Å². The van der Waals surface area contributed by atoms with Gasteiger partial charge < -0.3 is 15.2 Å². The van der Waals surface area contributed by atoms with Crippen LogP contribution in [0.2, 0.25) is 0 Å². The van der Waals surface area contributed by atoms with Crippen LogP contribution in [-0.2, 0) is 4.74 Å². The summed E-state index contributed by atoms with van der Waals surface area (Å²) in [7, 11) is 0. The van der Waals surface area contributed by atoms with Crippen LogP contribution in [0.4, 0.5) is 5.69 Å². The van der Waals surface area contributed by atoms with Crippen LogP contribution in [0.1, 0.15) is 28.8 Å². The fourth-order valence-electron chi connectivity index (χ4n) is 2.04. The molecular weight excluding hydrogens is 218 g/mol. The van der Waals surface area contributed by atoms with Crippen molar-refractivity contribution in [1.82, 2.24) is 0 Å². The van der Waals surface area contributed by atoms with Gasteiger partial charge in [-0.2, -0.15) is 0 Å². The highest BCUT2D eigenvalue weighted by molar-refractivity contribution is 5.94. The summed E-state index contributed by atoms with van der Waals surface area (Å²) >= 11 is 0. The van der Waals surface area contributed by atoms with E-state index in [9.17, 15) is 4.79 Å². The lowest BCUT2D eigenvalue weighted by Gasteiger charge is -2.25. The number of rotatable bonds is 3.